The summed E-state index contributed by atoms with van der Waals surface area (Å²) in [5, 5.41) is 8.51. The van der Waals surface area contributed by atoms with Gasteiger partial charge in [0.25, 0.3) is 0 Å². The van der Waals surface area contributed by atoms with E-state index < -0.39 is 17.8 Å². The second kappa shape index (κ2) is 4.66. The number of halogens is 2. The lowest BCUT2D eigenvalue weighted by molar-refractivity contribution is -0.140. The van der Waals surface area contributed by atoms with Crippen LogP contribution in [-0.2, 0) is 11.2 Å². The van der Waals surface area contributed by atoms with Gasteiger partial charge in [-0.05, 0) is 17.7 Å². The lowest BCUT2D eigenvalue weighted by Gasteiger charge is -2.07. The number of hydrogen-bond acceptors (Lipinski definition) is 2. The zero-order chi connectivity index (χ0) is 10.6. The van der Waals surface area contributed by atoms with E-state index in [1.807, 2.05) is 0 Å². The third kappa shape index (κ3) is 2.77. The van der Waals surface area contributed by atoms with Gasteiger partial charge in [0.15, 0.2) is 0 Å². The van der Waals surface area contributed by atoms with Crippen molar-refractivity contribution in [1.82, 2.24) is 5.54 Å². The molecule has 0 spiro atoms. The van der Waals surface area contributed by atoms with Gasteiger partial charge in [-0.15, -0.1) is 10.0 Å². The number of carboxylic acids is 1. The van der Waals surface area contributed by atoms with Gasteiger partial charge in [0.1, 0.15) is 11.9 Å². The Balaban J connectivity index is 2.67. The molecule has 0 radical (unpaired) electrons. The molecule has 0 saturated heterocycles. The number of rotatable bonds is 4. The molecule has 0 aliphatic heterocycles. The molecule has 0 fully saturated rings. The molecule has 0 bridgehead atoms. The maximum Gasteiger partial charge on any atom is 0.323 e. The fourth-order valence-corrected chi connectivity index (χ4v) is 1.03. The Labute approximate surface area is 79.3 Å². The first-order chi connectivity index (χ1) is 6.63. The van der Waals surface area contributed by atoms with E-state index in [-0.39, 0.29) is 6.42 Å². The smallest absolute Gasteiger partial charge is 0.323 e. The van der Waals surface area contributed by atoms with Crippen LogP contribution in [0.25, 0.3) is 0 Å². The Kier molecular flexibility index (Phi) is 3.53. The van der Waals surface area contributed by atoms with Gasteiger partial charge in [-0.3, -0.25) is 4.79 Å². The van der Waals surface area contributed by atoms with Crippen LogP contribution in [0.15, 0.2) is 24.3 Å². The minimum absolute atomic E-state index is 0.0217. The van der Waals surface area contributed by atoms with Crippen molar-refractivity contribution in [2.24, 2.45) is 0 Å². The number of nitrogens with one attached hydrogen (secondary N) is 1. The summed E-state index contributed by atoms with van der Waals surface area (Å²) in [6.07, 6.45) is -0.0217. The van der Waals surface area contributed by atoms with Crippen molar-refractivity contribution >= 4 is 5.97 Å². The van der Waals surface area contributed by atoms with Gasteiger partial charge in [-0.25, -0.2) is 4.39 Å². The molecule has 3 nitrogen and oxygen atoms in total. The van der Waals surface area contributed by atoms with Crippen LogP contribution in [0.4, 0.5) is 8.87 Å². The van der Waals surface area contributed by atoms with Crippen LogP contribution in [0, 0.1) is 5.82 Å². The molecule has 0 heterocycles. The molecule has 0 amide bonds. The van der Waals surface area contributed by atoms with Gasteiger partial charge in [-0.1, -0.05) is 12.1 Å². The van der Waals surface area contributed by atoms with Gasteiger partial charge in [0, 0.05) is 6.42 Å². The summed E-state index contributed by atoms with van der Waals surface area (Å²) < 4.78 is 24.4. The zero-order valence-electron chi connectivity index (χ0n) is 7.21. The Morgan fingerprint density at radius 2 is 2.00 bits per heavy atom. The highest BCUT2D eigenvalue weighted by atomic mass is 19.2. The normalized spacial score (nSPS) is 12.4. The molecule has 0 aliphatic carbocycles. The van der Waals surface area contributed by atoms with Gasteiger partial charge >= 0.3 is 5.97 Å². The van der Waals surface area contributed by atoms with Crippen molar-refractivity contribution in [3.8, 4) is 0 Å². The van der Waals surface area contributed by atoms with Crippen molar-refractivity contribution in [3.63, 3.8) is 0 Å². The number of carboxylic acid groups (broad SMARTS) is 1. The number of benzene rings is 1. The van der Waals surface area contributed by atoms with Crippen LogP contribution in [0.1, 0.15) is 5.56 Å². The van der Waals surface area contributed by atoms with E-state index in [0.29, 0.717) is 5.56 Å². The summed E-state index contributed by atoms with van der Waals surface area (Å²) in [5.74, 6) is -1.69. The van der Waals surface area contributed by atoms with Gasteiger partial charge < -0.3 is 5.11 Å². The first-order valence-electron chi connectivity index (χ1n) is 3.97. The first-order valence-corrected chi connectivity index (χ1v) is 3.97. The Hall–Kier alpha value is -1.49. The highest BCUT2D eigenvalue weighted by Gasteiger charge is 2.17. The lowest BCUT2D eigenvalue weighted by atomic mass is 10.1. The minimum atomic E-state index is -1.29. The summed E-state index contributed by atoms with van der Waals surface area (Å²) in [6, 6.07) is 3.95. The molecule has 1 aromatic carbocycles. The SMILES string of the molecule is O=C(O)[C@H](Cc1ccc(F)cc1)NF. The van der Waals surface area contributed by atoms with Crippen molar-refractivity contribution < 1.29 is 18.8 Å². The largest absolute Gasteiger partial charge is 0.480 e. The molecule has 0 unspecified atom stereocenters. The average Bonchev–Trinajstić information content (AvgIpc) is 2.16. The Morgan fingerprint density at radius 1 is 1.43 bits per heavy atom. The van der Waals surface area contributed by atoms with E-state index in [4.69, 9.17) is 5.11 Å². The topological polar surface area (TPSA) is 49.3 Å². The van der Waals surface area contributed by atoms with Crippen LogP contribution in [0.2, 0.25) is 0 Å². The first kappa shape index (κ1) is 10.6. The molecule has 1 aromatic rings. The Morgan fingerprint density at radius 3 is 2.43 bits per heavy atom. The number of aliphatic carboxylic acids is 1. The van der Waals surface area contributed by atoms with Crippen molar-refractivity contribution in [3.05, 3.63) is 35.6 Å². The van der Waals surface area contributed by atoms with Crippen molar-refractivity contribution in [1.29, 1.82) is 0 Å². The molecule has 1 rings (SSSR count). The van der Waals surface area contributed by atoms with Crippen molar-refractivity contribution in [2.45, 2.75) is 12.5 Å². The van der Waals surface area contributed by atoms with E-state index in [0.717, 1.165) is 0 Å². The second-order valence-electron chi connectivity index (χ2n) is 2.83. The van der Waals surface area contributed by atoms with Crippen LogP contribution in [0.5, 0.6) is 0 Å². The Bertz CT molecular complexity index is 313. The van der Waals surface area contributed by atoms with Crippen LogP contribution in [0.3, 0.4) is 0 Å². The minimum Gasteiger partial charge on any atom is -0.480 e. The molecule has 0 saturated carbocycles. The zero-order valence-corrected chi connectivity index (χ0v) is 7.21. The van der Waals surface area contributed by atoms with Crippen molar-refractivity contribution in [2.75, 3.05) is 0 Å². The predicted octanol–water partition coefficient (Wildman–Crippen LogP) is 1.30. The third-order valence-electron chi connectivity index (χ3n) is 1.78. The third-order valence-corrected chi connectivity index (χ3v) is 1.78. The summed E-state index contributed by atoms with van der Waals surface area (Å²) in [5.41, 5.74) is 1.73. The van der Waals surface area contributed by atoms with E-state index in [1.165, 1.54) is 29.8 Å². The molecule has 5 heteroatoms. The summed E-state index contributed by atoms with van der Waals surface area (Å²) in [4.78, 5) is 10.4. The molecule has 0 aromatic heterocycles. The predicted molar refractivity (Wildman–Crippen MR) is 45.8 cm³/mol. The molecule has 1 atom stereocenters. The molecule has 2 N–H and O–H groups in total. The summed E-state index contributed by atoms with van der Waals surface area (Å²) in [7, 11) is 0. The van der Waals surface area contributed by atoms with Gasteiger partial charge in [-0.2, -0.15) is 0 Å². The van der Waals surface area contributed by atoms with E-state index >= 15 is 0 Å². The van der Waals surface area contributed by atoms with E-state index in [2.05, 4.69) is 0 Å². The van der Waals surface area contributed by atoms with E-state index in [1.54, 1.807) is 0 Å². The summed E-state index contributed by atoms with van der Waals surface area (Å²) in [6.45, 7) is 0. The fraction of sp³-hybridized carbons (Fsp3) is 0.222. The highest BCUT2D eigenvalue weighted by molar-refractivity contribution is 5.73. The monoisotopic (exact) mass is 201 g/mol. The molecule has 76 valence electrons. The highest BCUT2D eigenvalue weighted by Crippen LogP contribution is 2.06. The molecule has 14 heavy (non-hydrogen) atoms. The number of hydrogen-bond donors (Lipinski definition) is 2. The van der Waals surface area contributed by atoms with Crippen LogP contribution < -0.4 is 5.54 Å². The van der Waals surface area contributed by atoms with Crippen LogP contribution in [-0.4, -0.2) is 17.1 Å². The molecular formula is C9H9F2NO2. The van der Waals surface area contributed by atoms with Gasteiger partial charge in [0.2, 0.25) is 0 Å². The second-order valence-corrected chi connectivity index (χ2v) is 2.83. The number of carbonyl (C=O) groups is 1. The lowest BCUT2D eigenvalue weighted by Crippen LogP contribution is -2.33. The maximum atomic E-state index is 12.5. The summed E-state index contributed by atoms with van der Waals surface area (Å²) >= 11 is 0. The standard InChI is InChI=1S/C9H9F2NO2/c10-7-3-1-6(2-4-7)5-8(12-11)9(13)14/h1-4,8,12H,5H2,(H,13,14)/t8-/m0/s1. The van der Waals surface area contributed by atoms with E-state index in [9.17, 15) is 13.7 Å². The molecule has 0 aliphatic rings. The quantitative estimate of drug-likeness (QED) is 0.722. The average molecular weight is 201 g/mol. The fourth-order valence-electron chi connectivity index (χ4n) is 1.03. The van der Waals surface area contributed by atoms with Crippen LogP contribution >= 0.6 is 0 Å². The molecular weight excluding hydrogens is 192 g/mol. The maximum absolute atomic E-state index is 12.5. The van der Waals surface area contributed by atoms with Gasteiger partial charge in [0.05, 0.1) is 0 Å².